The van der Waals surface area contributed by atoms with Gasteiger partial charge in [0.15, 0.2) is 0 Å². The predicted octanol–water partition coefficient (Wildman–Crippen LogP) is 4.56. The lowest BCUT2D eigenvalue weighted by molar-refractivity contribution is -0.0975. The van der Waals surface area contributed by atoms with Crippen LogP contribution < -0.4 is 5.32 Å². The average Bonchev–Trinajstić information content (AvgIpc) is 2.30. The number of halogens is 2. The van der Waals surface area contributed by atoms with Gasteiger partial charge < -0.3 is 10.1 Å². The van der Waals surface area contributed by atoms with Crippen molar-refractivity contribution in [3.63, 3.8) is 0 Å². The van der Waals surface area contributed by atoms with Gasteiger partial charge in [-0.3, -0.25) is 0 Å². The van der Waals surface area contributed by atoms with Gasteiger partial charge in [0.25, 0.3) is 0 Å². The molecule has 2 atom stereocenters. The number of hydrogen-bond acceptors (Lipinski definition) is 2. The molecule has 0 saturated heterocycles. The molecule has 100 valence electrons. The van der Waals surface area contributed by atoms with Crippen LogP contribution in [0, 0.1) is 8.99 Å². The third-order valence-corrected chi connectivity index (χ3v) is 4.79. The quantitative estimate of drug-likeness (QED) is 0.774. The van der Waals surface area contributed by atoms with Gasteiger partial charge in [0.2, 0.25) is 0 Å². The van der Waals surface area contributed by atoms with Crippen molar-refractivity contribution in [2.24, 2.45) is 5.41 Å². The van der Waals surface area contributed by atoms with E-state index in [1.54, 1.807) is 0 Å². The van der Waals surface area contributed by atoms with E-state index in [0.29, 0.717) is 12.1 Å². The van der Waals surface area contributed by atoms with Gasteiger partial charge in [0, 0.05) is 21.6 Å². The van der Waals surface area contributed by atoms with Crippen LogP contribution in [-0.4, -0.2) is 18.8 Å². The molecule has 2 rings (SSSR count). The molecule has 1 fully saturated rings. The molecule has 0 aromatic heterocycles. The molecular formula is C14H19ClINO. The van der Waals surface area contributed by atoms with Gasteiger partial charge in [-0.25, -0.2) is 0 Å². The molecule has 4 heteroatoms. The first-order valence-corrected chi connectivity index (χ1v) is 7.74. The monoisotopic (exact) mass is 379 g/mol. The van der Waals surface area contributed by atoms with Gasteiger partial charge in [-0.15, -0.1) is 0 Å². The second-order valence-electron chi connectivity index (χ2n) is 5.32. The molecule has 0 heterocycles. The molecule has 1 aliphatic carbocycles. The minimum Gasteiger partial charge on any atom is -0.380 e. The lowest BCUT2D eigenvalue weighted by atomic mass is 9.64. The van der Waals surface area contributed by atoms with E-state index in [1.807, 2.05) is 19.1 Å². The minimum atomic E-state index is 0.155. The summed E-state index contributed by atoms with van der Waals surface area (Å²) < 4.78 is 6.89. The van der Waals surface area contributed by atoms with Crippen LogP contribution in [0.2, 0.25) is 5.02 Å². The Bertz CT molecular complexity index is 436. The summed E-state index contributed by atoms with van der Waals surface area (Å²) in [6, 6.07) is 6.52. The highest BCUT2D eigenvalue weighted by Gasteiger charge is 2.48. The van der Waals surface area contributed by atoms with Gasteiger partial charge in [-0.2, -0.15) is 0 Å². The summed E-state index contributed by atoms with van der Waals surface area (Å²) >= 11 is 8.51. The maximum atomic E-state index is 6.25. The van der Waals surface area contributed by atoms with Crippen LogP contribution in [0.4, 0.5) is 5.69 Å². The van der Waals surface area contributed by atoms with Crippen molar-refractivity contribution >= 4 is 39.9 Å². The molecule has 1 aliphatic rings. The number of rotatable bonds is 4. The van der Waals surface area contributed by atoms with Crippen molar-refractivity contribution in [2.45, 2.75) is 39.3 Å². The summed E-state index contributed by atoms with van der Waals surface area (Å²) in [6.45, 7) is 7.32. The van der Waals surface area contributed by atoms with E-state index in [-0.39, 0.29) is 5.41 Å². The highest BCUT2D eigenvalue weighted by molar-refractivity contribution is 14.1. The number of anilines is 1. The zero-order valence-corrected chi connectivity index (χ0v) is 13.9. The lowest BCUT2D eigenvalue weighted by Gasteiger charge is -2.52. The van der Waals surface area contributed by atoms with Gasteiger partial charge in [0.05, 0.1) is 16.8 Å². The molecule has 0 bridgehead atoms. The van der Waals surface area contributed by atoms with Crippen LogP contribution in [0.5, 0.6) is 0 Å². The molecule has 1 aromatic rings. The van der Waals surface area contributed by atoms with E-state index in [0.717, 1.165) is 27.3 Å². The highest BCUT2D eigenvalue weighted by Crippen LogP contribution is 2.45. The third kappa shape index (κ3) is 2.78. The predicted molar refractivity (Wildman–Crippen MR) is 85.4 cm³/mol. The molecule has 0 amide bonds. The number of benzene rings is 1. The zero-order valence-electron chi connectivity index (χ0n) is 11.0. The molecule has 1 aromatic carbocycles. The molecule has 0 spiro atoms. The van der Waals surface area contributed by atoms with Crippen molar-refractivity contribution in [1.29, 1.82) is 0 Å². The SMILES string of the molecule is CCOC1CC(Nc2ccc(I)cc2Cl)C1(C)C. The van der Waals surface area contributed by atoms with Crippen LogP contribution >= 0.6 is 34.2 Å². The van der Waals surface area contributed by atoms with Gasteiger partial charge in [0.1, 0.15) is 0 Å². The van der Waals surface area contributed by atoms with Crippen molar-refractivity contribution in [3.05, 3.63) is 26.8 Å². The summed E-state index contributed by atoms with van der Waals surface area (Å²) in [5.41, 5.74) is 1.17. The Morgan fingerprint density at radius 3 is 2.78 bits per heavy atom. The Morgan fingerprint density at radius 2 is 2.22 bits per heavy atom. The Kier molecular flexibility index (Phi) is 4.44. The molecular weight excluding hydrogens is 361 g/mol. The van der Waals surface area contributed by atoms with E-state index in [2.05, 4.69) is 47.8 Å². The fourth-order valence-electron chi connectivity index (χ4n) is 2.41. The van der Waals surface area contributed by atoms with E-state index < -0.39 is 0 Å². The summed E-state index contributed by atoms with van der Waals surface area (Å²) in [4.78, 5) is 0. The Morgan fingerprint density at radius 1 is 1.50 bits per heavy atom. The standard InChI is InChI=1S/C14H19ClINO/c1-4-18-13-8-12(14(13,2)3)17-11-6-5-9(16)7-10(11)15/h5-7,12-13,17H,4,8H2,1-3H3. The van der Waals surface area contributed by atoms with E-state index in [1.165, 1.54) is 0 Å². The Labute approximate surface area is 128 Å². The van der Waals surface area contributed by atoms with Crippen molar-refractivity contribution in [2.75, 3.05) is 11.9 Å². The summed E-state index contributed by atoms with van der Waals surface area (Å²) in [5, 5.41) is 4.33. The second kappa shape index (κ2) is 5.55. The fraction of sp³-hybridized carbons (Fsp3) is 0.571. The molecule has 0 aliphatic heterocycles. The first kappa shape index (κ1) is 14.4. The number of ether oxygens (including phenoxy) is 1. The third-order valence-electron chi connectivity index (χ3n) is 3.81. The van der Waals surface area contributed by atoms with Crippen LogP contribution in [0.15, 0.2) is 18.2 Å². The van der Waals surface area contributed by atoms with Crippen molar-refractivity contribution in [1.82, 2.24) is 0 Å². The maximum Gasteiger partial charge on any atom is 0.0665 e. The molecule has 0 radical (unpaired) electrons. The largest absolute Gasteiger partial charge is 0.380 e. The zero-order chi connectivity index (χ0) is 13.3. The molecule has 2 unspecified atom stereocenters. The van der Waals surface area contributed by atoms with E-state index >= 15 is 0 Å². The lowest BCUT2D eigenvalue weighted by Crippen LogP contribution is -2.58. The Balaban J connectivity index is 2.03. The average molecular weight is 380 g/mol. The maximum absolute atomic E-state index is 6.25. The summed E-state index contributed by atoms with van der Waals surface area (Å²) in [5.74, 6) is 0. The summed E-state index contributed by atoms with van der Waals surface area (Å²) in [7, 11) is 0. The van der Waals surface area contributed by atoms with Crippen molar-refractivity contribution in [3.8, 4) is 0 Å². The van der Waals surface area contributed by atoms with Gasteiger partial charge in [-0.1, -0.05) is 25.4 Å². The smallest absolute Gasteiger partial charge is 0.0665 e. The van der Waals surface area contributed by atoms with E-state index in [4.69, 9.17) is 16.3 Å². The molecule has 1 saturated carbocycles. The van der Waals surface area contributed by atoms with Gasteiger partial charge >= 0.3 is 0 Å². The molecule has 2 nitrogen and oxygen atoms in total. The minimum absolute atomic E-state index is 0.155. The van der Waals surface area contributed by atoms with Crippen LogP contribution in [0.3, 0.4) is 0 Å². The summed E-state index contributed by atoms with van der Waals surface area (Å²) in [6.07, 6.45) is 1.39. The van der Waals surface area contributed by atoms with Crippen LogP contribution in [-0.2, 0) is 4.74 Å². The van der Waals surface area contributed by atoms with E-state index in [9.17, 15) is 0 Å². The second-order valence-corrected chi connectivity index (χ2v) is 6.97. The molecule has 18 heavy (non-hydrogen) atoms. The first-order valence-electron chi connectivity index (χ1n) is 6.28. The number of nitrogens with one attached hydrogen (secondary N) is 1. The highest BCUT2D eigenvalue weighted by atomic mass is 127. The van der Waals surface area contributed by atoms with Gasteiger partial charge in [-0.05, 0) is 54.1 Å². The number of hydrogen-bond donors (Lipinski definition) is 1. The van der Waals surface area contributed by atoms with Crippen LogP contribution in [0.25, 0.3) is 0 Å². The topological polar surface area (TPSA) is 21.3 Å². The van der Waals surface area contributed by atoms with Crippen molar-refractivity contribution < 1.29 is 4.74 Å². The normalized spacial score (nSPS) is 25.6. The Hall–Kier alpha value is -0.0000000000000000555. The fourth-order valence-corrected chi connectivity index (χ4v) is 3.32. The van der Waals surface area contributed by atoms with Crippen LogP contribution in [0.1, 0.15) is 27.2 Å². The molecule has 1 N–H and O–H groups in total. The first-order chi connectivity index (χ1) is 8.45.